The highest BCUT2D eigenvalue weighted by atomic mass is 19.1. The normalized spacial score (nSPS) is 10.8. The first-order valence-electron chi connectivity index (χ1n) is 6.80. The van der Waals surface area contributed by atoms with Crippen LogP contribution >= 0.6 is 0 Å². The average molecular weight is 274 g/mol. The van der Waals surface area contributed by atoms with E-state index >= 15 is 0 Å². The van der Waals surface area contributed by atoms with E-state index in [1.54, 1.807) is 18.3 Å². The van der Waals surface area contributed by atoms with Gasteiger partial charge in [-0.3, -0.25) is 4.79 Å². The first-order chi connectivity index (χ1) is 9.61. The molecule has 0 amide bonds. The maximum absolute atomic E-state index is 13.3. The molecule has 0 fully saturated rings. The second-order valence-electron chi connectivity index (χ2n) is 4.83. The van der Waals surface area contributed by atoms with Crippen molar-refractivity contribution in [2.24, 2.45) is 0 Å². The number of benzene rings is 1. The van der Waals surface area contributed by atoms with Crippen LogP contribution in [0, 0.1) is 12.7 Å². The molecule has 1 aromatic heterocycles. The number of nitrogens with one attached hydrogen (secondary N) is 1. The van der Waals surface area contributed by atoms with Gasteiger partial charge in [-0.1, -0.05) is 13.0 Å². The molecule has 1 aromatic carbocycles. The maximum atomic E-state index is 13.3. The second kappa shape index (κ2) is 6.48. The molecule has 0 saturated heterocycles. The molecule has 0 saturated carbocycles. The monoisotopic (exact) mass is 274 g/mol. The van der Waals surface area contributed by atoms with Gasteiger partial charge >= 0.3 is 0 Å². The van der Waals surface area contributed by atoms with E-state index in [1.165, 1.54) is 12.1 Å². The van der Waals surface area contributed by atoms with Crippen molar-refractivity contribution in [2.45, 2.75) is 26.8 Å². The lowest BCUT2D eigenvalue weighted by atomic mass is 10.2. The predicted octanol–water partition coefficient (Wildman–Crippen LogP) is 2.78. The van der Waals surface area contributed by atoms with Crippen LogP contribution in [0.4, 0.5) is 4.39 Å². The van der Waals surface area contributed by atoms with E-state index < -0.39 is 0 Å². The molecule has 0 spiro atoms. The summed E-state index contributed by atoms with van der Waals surface area (Å²) in [6, 6.07) is 7.95. The summed E-state index contributed by atoms with van der Waals surface area (Å²) in [5.74, 6) is -0.286. The number of halogens is 1. The Bertz CT molecular complexity index is 649. The van der Waals surface area contributed by atoms with Gasteiger partial charge in [-0.05, 0) is 38.1 Å². The second-order valence-corrected chi connectivity index (χ2v) is 4.83. The van der Waals surface area contributed by atoms with Gasteiger partial charge in [0.2, 0.25) is 0 Å². The zero-order chi connectivity index (χ0) is 14.5. The topological polar surface area (TPSA) is 34.0 Å². The van der Waals surface area contributed by atoms with Gasteiger partial charge in [-0.15, -0.1) is 0 Å². The standard InChI is InChI=1S/C16H19FN2O/c1-3-7-18-10-13-11-19(12(2)8-16(13)20)15-6-4-5-14(17)9-15/h4-6,8-9,11,18H,3,7,10H2,1-2H3. The van der Waals surface area contributed by atoms with Crippen LogP contribution in [0.1, 0.15) is 24.6 Å². The number of pyridine rings is 1. The Morgan fingerprint density at radius 1 is 1.30 bits per heavy atom. The van der Waals surface area contributed by atoms with Crippen molar-refractivity contribution in [3.63, 3.8) is 0 Å². The summed E-state index contributed by atoms with van der Waals surface area (Å²) in [5, 5.41) is 3.21. The summed E-state index contributed by atoms with van der Waals surface area (Å²) in [6.07, 6.45) is 2.80. The van der Waals surface area contributed by atoms with Gasteiger partial charge in [-0.2, -0.15) is 0 Å². The SMILES string of the molecule is CCCNCc1cn(-c2cccc(F)c2)c(C)cc1=O. The number of aromatic nitrogens is 1. The van der Waals surface area contributed by atoms with Crippen molar-refractivity contribution >= 4 is 0 Å². The third-order valence-corrected chi connectivity index (χ3v) is 3.15. The van der Waals surface area contributed by atoms with E-state index in [1.807, 2.05) is 17.6 Å². The zero-order valence-corrected chi connectivity index (χ0v) is 11.8. The van der Waals surface area contributed by atoms with Gasteiger partial charge in [0.05, 0.1) is 0 Å². The molecular weight excluding hydrogens is 255 g/mol. The molecular formula is C16H19FN2O. The molecule has 0 unspecified atom stereocenters. The van der Waals surface area contributed by atoms with Crippen molar-refractivity contribution < 1.29 is 4.39 Å². The van der Waals surface area contributed by atoms with Gasteiger partial charge in [-0.25, -0.2) is 4.39 Å². The third kappa shape index (κ3) is 3.33. The van der Waals surface area contributed by atoms with Gasteiger partial charge in [0, 0.05) is 35.8 Å². The molecule has 20 heavy (non-hydrogen) atoms. The molecule has 0 radical (unpaired) electrons. The summed E-state index contributed by atoms with van der Waals surface area (Å²) in [4.78, 5) is 12.0. The van der Waals surface area contributed by atoms with E-state index in [9.17, 15) is 9.18 Å². The summed E-state index contributed by atoms with van der Waals surface area (Å²) < 4.78 is 15.2. The molecule has 2 rings (SSSR count). The Kier molecular flexibility index (Phi) is 4.69. The highest BCUT2D eigenvalue weighted by Gasteiger charge is 2.06. The number of hydrogen-bond donors (Lipinski definition) is 1. The van der Waals surface area contributed by atoms with Crippen molar-refractivity contribution in [3.8, 4) is 5.69 Å². The van der Waals surface area contributed by atoms with E-state index in [4.69, 9.17) is 0 Å². The van der Waals surface area contributed by atoms with Crippen molar-refractivity contribution in [1.29, 1.82) is 0 Å². The lowest BCUT2D eigenvalue weighted by Gasteiger charge is -2.13. The van der Waals surface area contributed by atoms with Crippen LogP contribution in [0.3, 0.4) is 0 Å². The Balaban J connectivity index is 2.38. The molecule has 3 nitrogen and oxygen atoms in total. The summed E-state index contributed by atoms with van der Waals surface area (Å²) in [7, 11) is 0. The fourth-order valence-electron chi connectivity index (χ4n) is 2.11. The van der Waals surface area contributed by atoms with E-state index in [0.29, 0.717) is 12.1 Å². The molecule has 2 aromatic rings. The minimum Gasteiger partial charge on any atom is -0.320 e. The van der Waals surface area contributed by atoms with E-state index in [2.05, 4.69) is 12.2 Å². The lowest BCUT2D eigenvalue weighted by Crippen LogP contribution is -2.22. The van der Waals surface area contributed by atoms with Crippen LogP contribution in [-0.4, -0.2) is 11.1 Å². The summed E-state index contributed by atoms with van der Waals surface area (Å²) in [5.41, 5.74) is 2.21. The van der Waals surface area contributed by atoms with Crippen molar-refractivity contribution in [2.75, 3.05) is 6.54 Å². The molecule has 106 valence electrons. The fourth-order valence-corrected chi connectivity index (χ4v) is 2.11. The smallest absolute Gasteiger partial charge is 0.186 e. The Morgan fingerprint density at radius 3 is 2.80 bits per heavy atom. The van der Waals surface area contributed by atoms with Crippen molar-refractivity contribution in [1.82, 2.24) is 9.88 Å². The van der Waals surface area contributed by atoms with Crippen LogP contribution in [0.15, 0.2) is 41.3 Å². The van der Waals surface area contributed by atoms with Crippen LogP contribution < -0.4 is 10.7 Å². The number of nitrogens with zero attached hydrogens (tertiary/aromatic N) is 1. The quantitative estimate of drug-likeness (QED) is 0.851. The zero-order valence-electron chi connectivity index (χ0n) is 11.8. The average Bonchev–Trinajstić information content (AvgIpc) is 2.41. The number of rotatable bonds is 5. The molecule has 1 heterocycles. The maximum Gasteiger partial charge on any atom is 0.186 e. The Hall–Kier alpha value is -1.94. The Labute approximate surface area is 118 Å². The van der Waals surface area contributed by atoms with Crippen molar-refractivity contribution in [3.05, 3.63) is 63.8 Å². The minimum atomic E-state index is -0.286. The van der Waals surface area contributed by atoms with E-state index in [-0.39, 0.29) is 11.2 Å². The van der Waals surface area contributed by atoms with Crippen LogP contribution in [0.2, 0.25) is 0 Å². The molecule has 1 N–H and O–H groups in total. The minimum absolute atomic E-state index is 0.0127. The molecule has 0 aliphatic rings. The Morgan fingerprint density at radius 2 is 2.10 bits per heavy atom. The number of aryl methyl sites for hydroxylation is 1. The van der Waals surface area contributed by atoms with E-state index in [0.717, 1.165) is 24.3 Å². The lowest BCUT2D eigenvalue weighted by molar-refractivity contribution is 0.626. The highest BCUT2D eigenvalue weighted by Crippen LogP contribution is 2.12. The van der Waals surface area contributed by atoms with Crippen LogP contribution in [0.5, 0.6) is 0 Å². The third-order valence-electron chi connectivity index (χ3n) is 3.15. The first kappa shape index (κ1) is 14.5. The molecule has 0 aliphatic carbocycles. The molecule has 0 atom stereocenters. The van der Waals surface area contributed by atoms with Gasteiger partial charge in [0.1, 0.15) is 5.82 Å². The summed E-state index contributed by atoms with van der Waals surface area (Å²) in [6.45, 7) is 5.32. The van der Waals surface area contributed by atoms with Gasteiger partial charge in [0.15, 0.2) is 5.43 Å². The highest BCUT2D eigenvalue weighted by molar-refractivity contribution is 5.35. The van der Waals surface area contributed by atoms with Crippen LogP contribution in [-0.2, 0) is 6.54 Å². The number of hydrogen-bond acceptors (Lipinski definition) is 2. The molecule has 0 bridgehead atoms. The van der Waals surface area contributed by atoms with Gasteiger partial charge in [0.25, 0.3) is 0 Å². The molecule has 0 aliphatic heterocycles. The predicted molar refractivity (Wildman–Crippen MR) is 78.7 cm³/mol. The van der Waals surface area contributed by atoms with Gasteiger partial charge < -0.3 is 9.88 Å². The molecule has 4 heteroatoms. The first-order valence-corrected chi connectivity index (χ1v) is 6.80. The fraction of sp³-hybridized carbons (Fsp3) is 0.312. The van der Waals surface area contributed by atoms with Crippen LogP contribution in [0.25, 0.3) is 5.69 Å². The summed E-state index contributed by atoms with van der Waals surface area (Å²) >= 11 is 0. The largest absolute Gasteiger partial charge is 0.320 e.